The summed E-state index contributed by atoms with van der Waals surface area (Å²) in [5.41, 5.74) is 1.98. The molecule has 1 aliphatic rings. The fourth-order valence-electron chi connectivity index (χ4n) is 3.08. The van der Waals surface area contributed by atoms with E-state index in [-0.39, 0.29) is 22.1 Å². The number of aldehydes is 1. The summed E-state index contributed by atoms with van der Waals surface area (Å²) in [7, 11) is 0. The molecule has 0 atom stereocenters. The summed E-state index contributed by atoms with van der Waals surface area (Å²) in [6.45, 7) is 0. The van der Waals surface area contributed by atoms with Crippen molar-refractivity contribution in [2.24, 2.45) is 5.73 Å². The Morgan fingerprint density at radius 1 is 1.26 bits per heavy atom. The highest BCUT2D eigenvalue weighted by Crippen LogP contribution is 2.43. The Bertz CT molecular complexity index is 1120. The number of carbonyl (C=O) groups excluding carboxylic acids is 2. The SMILES string of the molecule is N#Cc1ccc(NC(=S)N(c2ccc(C(N)=O)c(F)c2)C2(C=O)CC2)cc1C(F)(F)F. The van der Waals surface area contributed by atoms with Gasteiger partial charge in [0.05, 0.1) is 22.8 Å². The van der Waals surface area contributed by atoms with Crippen LogP contribution in [0.15, 0.2) is 36.4 Å². The first-order chi connectivity index (χ1) is 14.5. The van der Waals surface area contributed by atoms with Crippen molar-refractivity contribution in [3.63, 3.8) is 0 Å². The maximum Gasteiger partial charge on any atom is 0.417 e. The van der Waals surface area contributed by atoms with Gasteiger partial charge in [0.25, 0.3) is 5.91 Å². The van der Waals surface area contributed by atoms with Gasteiger partial charge in [-0.15, -0.1) is 0 Å². The molecule has 0 heterocycles. The van der Waals surface area contributed by atoms with Crippen LogP contribution >= 0.6 is 12.2 Å². The van der Waals surface area contributed by atoms with Crippen molar-refractivity contribution in [2.75, 3.05) is 10.2 Å². The van der Waals surface area contributed by atoms with Crippen LogP contribution in [0.1, 0.15) is 34.3 Å². The molecule has 1 saturated carbocycles. The predicted octanol–water partition coefficient (Wildman–Crippen LogP) is 3.75. The van der Waals surface area contributed by atoms with Crippen LogP contribution in [-0.4, -0.2) is 22.8 Å². The van der Waals surface area contributed by atoms with E-state index < -0.39 is 34.6 Å². The Kier molecular flexibility index (Phi) is 5.69. The minimum atomic E-state index is -4.77. The highest BCUT2D eigenvalue weighted by Gasteiger charge is 2.50. The number of nitriles is 1. The van der Waals surface area contributed by atoms with Gasteiger partial charge in [-0.05, 0) is 61.5 Å². The molecule has 0 radical (unpaired) electrons. The molecular weight excluding hydrogens is 436 g/mol. The third-order valence-electron chi connectivity index (χ3n) is 4.80. The van der Waals surface area contributed by atoms with Gasteiger partial charge < -0.3 is 20.7 Å². The Morgan fingerprint density at radius 3 is 2.42 bits per heavy atom. The third-order valence-corrected chi connectivity index (χ3v) is 5.09. The highest BCUT2D eigenvalue weighted by molar-refractivity contribution is 7.80. The third kappa shape index (κ3) is 4.34. The second-order valence-electron chi connectivity index (χ2n) is 6.89. The second kappa shape index (κ2) is 7.96. The Balaban J connectivity index is 1.98. The van der Waals surface area contributed by atoms with Crippen LogP contribution in [0.5, 0.6) is 0 Å². The van der Waals surface area contributed by atoms with Crippen LogP contribution in [0.25, 0.3) is 0 Å². The van der Waals surface area contributed by atoms with E-state index in [1.54, 1.807) is 0 Å². The Labute approximate surface area is 179 Å². The molecule has 3 N–H and O–H groups in total. The monoisotopic (exact) mass is 450 g/mol. The zero-order chi connectivity index (χ0) is 23.0. The van der Waals surface area contributed by atoms with Gasteiger partial charge in [-0.2, -0.15) is 18.4 Å². The number of thiocarbonyl (C=S) groups is 1. The molecular formula is C20H14F4N4O2S. The van der Waals surface area contributed by atoms with Crippen molar-refractivity contribution < 1.29 is 27.2 Å². The van der Waals surface area contributed by atoms with E-state index in [2.05, 4.69) is 5.32 Å². The van der Waals surface area contributed by atoms with Crippen LogP contribution < -0.4 is 16.0 Å². The maximum absolute atomic E-state index is 14.3. The van der Waals surface area contributed by atoms with Crippen molar-refractivity contribution in [2.45, 2.75) is 24.6 Å². The van der Waals surface area contributed by atoms with E-state index in [4.69, 9.17) is 23.2 Å². The summed E-state index contributed by atoms with van der Waals surface area (Å²) < 4.78 is 54.0. The fourth-order valence-corrected chi connectivity index (χ4v) is 3.48. The molecule has 0 spiro atoms. The first-order valence-corrected chi connectivity index (χ1v) is 9.21. The van der Waals surface area contributed by atoms with E-state index in [9.17, 15) is 27.2 Å². The number of nitrogens with one attached hydrogen (secondary N) is 1. The summed E-state index contributed by atoms with van der Waals surface area (Å²) in [5.74, 6) is -1.91. The lowest BCUT2D eigenvalue weighted by Crippen LogP contribution is -2.46. The van der Waals surface area contributed by atoms with Crippen molar-refractivity contribution in [1.29, 1.82) is 5.26 Å². The van der Waals surface area contributed by atoms with Gasteiger partial charge in [0.2, 0.25) is 0 Å². The molecule has 1 fully saturated rings. The zero-order valence-corrected chi connectivity index (χ0v) is 16.5. The second-order valence-corrected chi connectivity index (χ2v) is 7.27. The number of halogens is 4. The van der Waals surface area contributed by atoms with E-state index in [1.807, 2.05) is 0 Å². The summed E-state index contributed by atoms with van der Waals surface area (Å²) in [4.78, 5) is 24.3. The quantitative estimate of drug-likeness (QED) is 0.409. The summed E-state index contributed by atoms with van der Waals surface area (Å²) in [5, 5.41) is 11.4. The molecule has 1 amide bonds. The predicted molar refractivity (Wildman–Crippen MR) is 108 cm³/mol. The average molecular weight is 450 g/mol. The van der Waals surface area contributed by atoms with E-state index in [0.29, 0.717) is 19.1 Å². The maximum atomic E-state index is 14.3. The lowest BCUT2D eigenvalue weighted by atomic mass is 10.1. The molecule has 160 valence electrons. The number of nitrogens with zero attached hydrogens (tertiary/aromatic N) is 2. The molecule has 11 heteroatoms. The number of nitrogens with two attached hydrogens (primary N) is 1. The molecule has 3 rings (SSSR count). The molecule has 0 unspecified atom stereocenters. The standard InChI is InChI=1S/C20H14F4N4O2S/c21-16-8-13(3-4-14(16)17(26)30)28(19(10-29)5-6-19)18(31)27-12-2-1-11(9-25)15(7-12)20(22,23)24/h1-4,7-8,10H,5-6H2,(H2,26,30)(H,27,31). The molecule has 2 aromatic rings. The number of carbonyl (C=O) groups is 2. The Hall–Kier alpha value is -3.52. The largest absolute Gasteiger partial charge is 0.417 e. The number of hydrogen-bond donors (Lipinski definition) is 2. The van der Waals surface area contributed by atoms with Crippen LogP contribution in [-0.2, 0) is 11.0 Å². The number of benzene rings is 2. The van der Waals surface area contributed by atoms with Gasteiger partial charge in [-0.25, -0.2) is 4.39 Å². The number of amides is 1. The number of alkyl halides is 3. The average Bonchev–Trinajstić information content (AvgIpc) is 3.48. The summed E-state index contributed by atoms with van der Waals surface area (Å²) in [6, 6.07) is 7.86. The number of rotatable bonds is 5. The van der Waals surface area contributed by atoms with E-state index in [1.165, 1.54) is 23.1 Å². The molecule has 0 aliphatic heterocycles. The molecule has 2 aromatic carbocycles. The normalized spacial score (nSPS) is 14.3. The van der Waals surface area contributed by atoms with Gasteiger partial charge in [-0.3, -0.25) is 4.79 Å². The lowest BCUT2D eigenvalue weighted by Gasteiger charge is -2.31. The summed E-state index contributed by atoms with van der Waals surface area (Å²) >= 11 is 5.32. The van der Waals surface area contributed by atoms with Crippen LogP contribution in [0.3, 0.4) is 0 Å². The van der Waals surface area contributed by atoms with Crippen molar-refractivity contribution >= 4 is 40.9 Å². The smallest absolute Gasteiger partial charge is 0.366 e. The first kappa shape index (κ1) is 22.2. The van der Waals surface area contributed by atoms with E-state index in [0.717, 1.165) is 24.3 Å². The van der Waals surface area contributed by atoms with Gasteiger partial charge in [0.15, 0.2) is 5.11 Å². The molecule has 0 saturated heterocycles. The molecule has 1 aliphatic carbocycles. The van der Waals surface area contributed by atoms with Crippen molar-refractivity contribution in [1.82, 2.24) is 0 Å². The lowest BCUT2D eigenvalue weighted by molar-refractivity contribution is -0.137. The molecule has 31 heavy (non-hydrogen) atoms. The van der Waals surface area contributed by atoms with Crippen molar-refractivity contribution in [3.8, 4) is 6.07 Å². The van der Waals surface area contributed by atoms with Gasteiger partial charge in [-0.1, -0.05) is 0 Å². The minimum absolute atomic E-state index is 0.0720. The van der Waals surface area contributed by atoms with E-state index >= 15 is 0 Å². The fraction of sp³-hybridized carbons (Fsp3) is 0.200. The molecule has 0 aromatic heterocycles. The molecule has 6 nitrogen and oxygen atoms in total. The number of anilines is 2. The van der Waals surface area contributed by atoms with Crippen LogP contribution in [0.4, 0.5) is 28.9 Å². The van der Waals surface area contributed by atoms with Crippen LogP contribution in [0.2, 0.25) is 0 Å². The Morgan fingerprint density at radius 2 is 1.94 bits per heavy atom. The molecule has 0 bridgehead atoms. The number of primary amides is 1. The van der Waals surface area contributed by atoms with Gasteiger partial charge in [0.1, 0.15) is 17.6 Å². The summed E-state index contributed by atoms with van der Waals surface area (Å²) in [6.07, 6.45) is -3.36. The topological polar surface area (TPSA) is 99.2 Å². The highest BCUT2D eigenvalue weighted by atomic mass is 32.1. The van der Waals surface area contributed by atoms with Crippen molar-refractivity contribution in [3.05, 3.63) is 58.9 Å². The first-order valence-electron chi connectivity index (χ1n) is 8.80. The zero-order valence-electron chi connectivity index (χ0n) is 15.7. The van der Waals surface area contributed by atoms with Gasteiger partial charge in [0, 0.05) is 11.4 Å². The van der Waals surface area contributed by atoms with Gasteiger partial charge >= 0.3 is 6.18 Å². The number of hydrogen-bond acceptors (Lipinski definition) is 4. The van der Waals surface area contributed by atoms with Crippen LogP contribution in [0, 0.1) is 17.1 Å². The minimum Gasteiger partial charge on any atom is -0.366 e.